The van der Waals surface area contributed by atoms with Crippen molar-refractivity contribution in [2.24, 2.45) is 0 Å². The van der Waals surface area contributed by atoms with E-state index in [-0.39, 0.29) is 5.82 Å². The summed E-state index contributed by atoms with van der Waals surface area (Å²) in [7, 11) is 1.64. The zero-order chi connectivity index (χ0) is 14.4. The molecule has 0 aliphatic rings. The predicted octanol–water partition coefficient (Wildman–Crippen LogP) is 4.30. The Morgan fingerprint density at radius 2 is 1.75 bits per heavy atom. The molecule has 0 spiro atoms. The van der Waals surface area contributed by atoms with E-state index in [1.54, 1.807) is 42.8 Å². The third-order valence-electron chi connectivity index (χ3n) is 2.61. The molecule has 0 unspecified atom stereocenters. The number of thioether (sulfide) groups is 2. The molecule has 0 bridgehead atoms. The lowest BCUT2D eigenvalue weighted by Crippen LogP contribution is -1.92. The second-order valence-electron chi connectivity index (χ2n) is 4.06. The van der Waals surface area contributed by atoms with Crippen LogP contribution in [-0.2, 0) is 0 Å². The second kappa shape index (κ2) is 7.45. The van der Waals surface area contributed by atoms with Gasteiger partial charge in [0.2, 0.25) is 0 Å². The summed E-state index contributed by atoms with van der Waals surface area (Å²) in [5.41, 5.74) is 6.42. The SMILES string of the molecule is COc1cc(N)ccc1SCCSc1ccc(F)cc1. The number of ether oxygens (including phenoxy) is 1. The standard InChI is InChI=1S/C15H16FNOS2/c1-18-14-10-12(17)4-7-15(14)20-9-8-19-13-5-2-11(16)3-6-13/h2-7,10H,8-9,17H2,1H3. The van der Waals surface area contributed by atoms with Gasteiger partial charge in [0.25, 0.3) is 0 Å². The lowest BCUT2D eigenvalue weighted by atomic mass is 10.3. The first-order valence-electron chi connectivity index (χ1n) is 6.14. The maximum absolute atomic E-state index is 12.8. The van der Waals surface area contributed by atoms with Crippen LogP contribution < -0.4 is 10.5 Å². The number of anilines is 1. The molecule has 5 heteroatoms. The van der Waals surface area contributed by atoms with Gasteiger partial charge in [-0.15, -0.1) is 23.5 Å². The van der Waals surface area contributed by atoms with Crippen molar-refractivity contribution in [1.29, 1.82) is 0 Å². The zero-order valence-corrected chi connectivity index (χ0v) is 12.8. The van der Waals surface area contributed by atoms with Crippen molar-refractivity contribution in [1.82, 2.24) is 0 Å². The summed E-state index contributed by atoms with van der Waals surface area (Å²) < 4.78 is 18.1. The van der Waals surface area contributed by atoms with E-state index >= 15 is 0 Å². The number of nitrogen functional groups attached to an aromatic ring is 1. The minimum atomic E-state index is -0.199. The van der Waals surface area contributed by atoms with Crippen LogP contribution in [-0.4, -0.2) is 18.6 Å². The second-order valence-corrected chi connectivity index (χ2v) is 6.37. The molecule has 2 aromatic carbocycles. The van der Waals surface area contributed by atoms with Gasteiger partial charge < -0.3 is 10.5 Å². The normalized spacial score (nSPS) is 10.5. The Bertz CT molecular complexity index is 560. The van der Waals surface area contributed by atoms with E-state index in [0.29, 0.717) is 5.69 Å². The molecule has 2 nitrogen and oxygen atoms in total. The van der Waals surface area contributed by atoms with Crippen LogP contribution in [0.25, 0.3) is 0 Å². The lowest BCUT2D eigenvalue weighted by Gasteiger charge is -2.08. The molecular weight excluding hydrogens is 293 g/mol. The van der Waals surface area contributed by atoms with Gasteiger partial charge in [-0.3, -0.25) is 0 Å². The largest absolute Gasteiger partial charge is 0.496 e. The fourth-order valence-corrected chi connectivity index (χ4v) is 3.54. The van der Waals surface area contributed by atoms with Crippen molar-refractivity contribution in [3.05, 3.63) is 48.3 Å². The van der Waals surface area contributed by atoms with Gasteiger partial charge in [-0.25, -0.2) is 4.39 Å². The number of hydrogen-bond acceptors (Lipinski definition) is 4. The van der Waals surface area contributed by atoms with Gasteiger partial charge in [0.1, 0.15) is 11.6 Å². The molecule has 0 amide bonds. The van der Waals surface area contributed by atoms with Crippen molar-refractivity contribution < 1.29 is 9.13 Å². The Labute approximate surface area is 126 Å². The molecule has 106 valence electrons. The maximum Gasteiger partial charge on any atom is 0.134 e. The molecule has 2 rings (SSSR count). The minimum absolute atomic E-state index is 0.199. The summed E-state index contributed by atoms with van der Waals surface area (Å²) in [5, 5.41) is 0. The molecule has 0 atom stereocenters. The Balaban J connectivity index is 1.82. The number of rotatable bonds is 6. The quantitative estimate of drug-likeness (QED) is 0.490. The molecule has 0 aromatic heterocycles. The van der Waals surface area contributed by atoms with Gasteiger partial charge >= 0.3 is 0 Å². The van der Waals surface area contributed by atoms with E-state index in [4.69, 9.17) is 10.5 Å². The molecular formula is C15H16FNOS2. The molecule has 0 aliphatic heterocycles. The Hall–Kier alpha value is -1.33. The highest BCUT2D eigenvalue weighted by atomic mass is 32.2. The fraction of sp³-hybridized carbons (Fsp3) is 0.200. The van der Waals surface area contributed by atoms with Gasteiger partial charge in [0.05, 0.1) is 7.11 Å². The number of hydrogen-bond donors (Lipinski definition) is 1. The zero-order valence-electron chi connectivity index (χ0n) is 11.1. The Kier molecular flexibility index (Phi) is 5.61. The molecule has 0 radical (unpaired) electrons. The molecule has 0 heterocycles. The van der Waals surface area contributed by atoms with Crippen LogP contribution >= 0.6 is 23.5 Å². The maximum atomic E-state index is 12.8. The lowest BCUT2D eigenvalue weighted by molar-refractivity contribution is 0.405. The summed E-state index contributed by atoms with van der Waals surface area (Å²) in [6.45, 7) is 0. The Morgan fingerprint density at radius 3 is 2.45 bits per heavy atom. The van der Waals surface area contributed by atoms with Crippen molar-refractivity contribution >= 4 is 29.2 Å². The summed E-state index contributed by atoms with van der Waals surface area (Å²) >= 11 is 3.44. The van der Waals surface area contributed by atoms with Gasteiger partial charge in [-0.05, 0) is 36.4 Å². The van der Waals surface area contributed by atoms with Gasteiger partial charge in [-0.2, -0.15) is 0 Å². The minimum Gasteiger partial charge on any atom is -0.496 e. The van der Waals surface area contributed by atoms with Crippen LogP contribution in [0, 0.1) is 5.82 Å². The van der Waals surface area contributed by atoms with E-state index in [1.807, 2.05) is 18.2 Å². The highest BCUT2D eigenvalue weighted by Gasteiger charge is 2.04. The van der Waals surface area contributed by atoms with Crippen molar-refractivity contribution in [3.8, 4) is 5.75 Å². The Morgan fingerprint density at radius 1 is 1.05 bits per heavy atom. The summed E-state index contributed by atoms with van der Waals surface area (Å²) in [5.74, 6) is 2.50. The van der Waals surface area contributed by atoms with Gasteiger partial charge in [0, 0.05) is 33.1 Å². The summed E-state index contributed by atoms with van der Waals surface area (Å²) in [4.78, 5) is 2.16. The third-order valence-corrected chi connectivity index (χ3v) is 4.94. The first-order valence-corrected chi connectivity index (χ1v) is 8.11. The molecule has 0 saturated heterocycles. The van der Waals surface area contributed by atoms with Crippen molar-refractivity contribution in [3.63, 3.8) is 0 Å². The van der Waals surface area contributed by atoms with Crippen LogP contribution in [0.5, 0.6) is 5.75 Å². The van der Waals surface area contributed by atoms with E-state index in [9.17, 15) is 4.39 Å². The van der Waals surface area contributed by atoms with E-state index < -0.39 is 0 Å². The van der Waals surface area contributed by atoms with E-state index in [0.717, 1.165) is 27.0 Å². The number of methoxy groups -OCH3 is 1. The van der Waals surface area contributed by atoms with Crippen LogP contribution in [0.15, 0.2) is 52.3 Å². The number of halogens is 1. The molecule has 2 N–H and O–H groups in total. The van der Waals surface area contributed by atoms with Crippen molar-refractivity contribution in [2.45, 2.75) is 9.79 Å². The highest BCUT2D eigenvalue weighted by Crippen LogP contribution is 2.32. The van der Waals surface area contributed by atoms with Crippen LogP contribution in [0.1, 0.15) is 0 Å². The first kappa shape index (κ1) is 15.1. The molecule has 2 aromatic rings. The smallest absolute Gasteiger partial charge is 0.134 e. The van der Waals surface area contributed by atoms with Crippen LogP contribution in [0.2, 0.25) is 0 Å². The third kappa shape index (κ3) is 4.35. The fourth-order valence-electron chi connectivity index (χ4n) is 1.65. The van der Waals surface area contributed by atoms with Crippen LogP contribution in [0.3, 0.4) is 0 Å². The molecule has 0 fully saturated rings. The van der Waals surface area contributed by atoms with Crippen LogP contribution in [0.4, 0.5) is 10.1 Å². The average Bonchev–Trinajstić information content (AvgIpc) is 2.46. The first-order chi connectivity index (χ1) is 9.69. The van der Waals surface area contributed by atoms with E-state index in [1.165, 1.54) is 12.1 Å². The van der Waals surface area contributed by atoms with Gasteiger partial charge in [0.15, 0.2) is 0 Å². The topological polar surface area (TPSA) is 35.2 Å². The average molecular weight is 309 g/mol. The summed E-state index contributed by atoms with van der Waals surface area (Å²) in [6.07, 6.45) is 0. The highest BCUT2D eigenvalue weighted by molar-refractivity contribution is 8.03. The van der Waals surface area contributed by atoms with E-state index in [2.05, 4.69) is 0 Å². The van der Waals surface area contributed by atoms with Crippen molar-refractivity contribution in [2.75, 3.05) is 24.3 Å². The molecule has 0 aliphatic carbocycles. The molecule has 0 saturated carbocycles. The molecule has 20 heavy (non-hydrogen) atoms. The van der Waals surface area contributed by atoms with Gasteiger partial charge in [-0.1, -0.05) is 0 Å². The monoisotopic (exact) mass is 309 g/mol. The number of nitrogens with two attached hydrogens (primary N) is 1. The summed E-state index contributed by atoms with van der Waals surface area (Å²) in [6, 6.07) is 12.2. The number of benzene rings is 2. The predicted molar refractivity (Wildman–Crippen MR) is 85.3 cm³/mol.